The minimum atomic E-state index is 0.127. The van der Waals surface area contributed by atoms with Crippen LogP contribution in [0.25, 0.3) is 11.3 Å². The van der Waals surface area contributed by atoms with Crippen LogP contribution in [0.5, 0.6) is 0 Å². The molecule has 0 N–H and O–H groups in total. The van der Waals surface area contributed by atoms with Gasteiger partial charge in [-0.05, 0) is 34.7 Å². The highest BCUT2D eigenvalue weighted by atomic mass is 127. The number of hydrogen-bond donors (Lipinski definition) is 0. The zero-order valence-corrected chi connectivity index (χ0v) is 15.1. The number of rotatable bonds is 3. The Balaban J connectivity index is 1.76. The van der Waals surface area contributed by atoms with Gasteiger partial charge in [0.05, 0.1) is 18.8 Å². The van der Waals surface area contributed by atoms with Crippen LogP contribution in [0.15, 0.2) is 24.3 Å². The second kappa shape index (κ2) is 5.90. The van der Waals surface area contributed by atoms with Gasteiger partial charge < -0.3 is 9.64 Å². The van der Waals surface area contributed by atoms with E-state index >= 15 is 0 Å². The number of carbonyl (C=O) groups excluding carboxylic acids is 1. The molecule has 0 saturated carbocycles. The van der Waals surface area contributed by atoms with Gasteiger partial charge in [0.15, 0.2) is 0 Å². The van der Waals surface area contributed by atoms with Gasteiger partial charge in [0.1, 0.15) is 6.10 Å². The molecule has 1 amide bonds. The first kappa shape index (κ1) is 15.1. The Morgan fingerprint density at radius 3 is 2.78 bits per heavy atom. The maximum Gasteiger partial charge on any atom is 0.219 e. The molecule has 2 aliphatic heterocycles. The molecule has 0 spiro atoms. The van der Waals surface area contributed by atoms with Gasteiger partial charge in [0.25, 0.3) is 0 Å². The molecule has 3 heterocycles. The maximum absolute atomic E-state index is 11.8. The van der Waals surface area contributed by atoms with Crippen molar-refractivity contribution in [2.24, 2.45) is 0 Å². The van der Waals surface area contributed by atoms with E-state index in [1.54, 1.807) is 6.92 Å². The number of epoxide rings is 1. The van der Waals surface area contributed by atoms with Gasteiger partial charge in [-0.3, -0.25) is 9.48 Å². The van der Waals surface area contributed by atoms with Gasteiger partial charge in [-0.2, -0.15) is 5.10 Å². The third kappa shape index (κ3) is 3.01. The van der Waals surface area contributed by atoms with Crippen molar-refractivity contribution < 1.29 is 9.53 Å². The zero-order chi connectivity index (χ0) is 16.0. The van der Waals surface area contributed by atoms with E-state index in [0.29, 0.717) is 12.6 Å². The van der Waals surface area contributed by atoms with Gasteiger partial charge in [-0.15, -0.1) is 0 Å². The first-order valence-corrected chi connectivity index (χ1v) is 8.91. The Kier molecular flexibility index (Phi) is 3.88. The molecule has 120 valence electrons. The van der Waals surface area contributed by atoms with Crippen LogP contribution >= 0.6 is 22.6 Å². The number of carbonyl (C=O) groups is 1. The summed E-state index contributed by atoms with van der Waals surface area (Å²) in [7, 11) is 0. The third-order valence-corrected chi connectivity index (χ3v) is 5.20. The molecule has 1 saturated heterocycles. The maximum atomic E-state index is 11.8. The lowest BCUT2D eigenvalue weighted by Gasteiger charge is -2.26. The van der Waals surface area contributed by atoms with E-state index in [0.717, 1.165) is 37.4 Å². The van der Waals surface area contributed by atoms with Crippen LogP contribution < -0.4 is 0 Å². The molecule has 23 heavy (non-hydrogen) atoms. The molecule has 2 aromatic rings. The molecule has 4 rings (SSSR count). The molecule has 1 aromatic heterocycles. The summed E-state index contributed by atoms with van der Waals surface area (Å²) in [4.78, 5) is 13.7. The Labute approximate surface area is 148 Å². The lowest BCUT2D eigenvalue weighted by molar-refractivity contribution is -0.129. The van der Waals surface area contributed by atoms with Crippen LogP contribution in [-0.2, 0) is 29.0 Å². The second-order valence-electron chi connectivity index (χ2n) is 6.11. The standard InChI is InChI=1S/C17H18IN3O2/c1-11(22)20-7-6-16-15(9-20)17(12-2-4-13(18)5-3-12)19-21(16)8-14-10-23-14/h2-5,14H,6-10H2,1H3. The highest BCUT2D eigenvalue weighted by molar-refractivity contribution is 14.1. The summed E-state index contributed by atoms with van der Waals surface area (Å²) >= 11 is 2.31. The van der Waals surface area contributed by atoms with Gasteiger partial charge in [0, 0.05) is 46.8 Å². The summed E-state index contributed by atoms with van der Waals surface area (Å²) in [5.74, 6) is 0.127. The Hall–Kier alpha value is -1.41. The van der Waals surface area contributed by atoms with Crippen LogP contribution in [0.1, 0.15) is 18.2 Å². The van der Waals surface area contributed by atoms with Crippen LogP contribution in [0.2, 0.25) is 0 Å². The van der Waals surface area contributed by atoms with E-state index < -0.39 is 0 Å². The lowest BCUT2D eigenvalue weighted by atomic mass is 10.0. The van der Waals surface area contributed by atoms with Crippen LogP contribution in [0, 0.1) is 3.57 Å². The monoisotopic (exact) mass is 423 g/mol. The van der Waals surface area contributed by atoms with E-state index in [4.69, 9.17) is 9.84 Å². The molecule has 1 unspecified atom stereocenters. The molecule has 0 radical (unpaired) electrons. The number of aromatic nitrogens is 2. The molecule has 0 bridgehead atoms. The minimum absolute atomic E-state index is 0.127. The summed E-state index contributed by atoms with van der Waals surface area (Å²) in [6.07, 6.45) is 1.16. The van der Waals surface area contributed by atoms with Crippen molar-refractivity contribution in [2.75, 3.05) is 13.2 Å². The quantitative estimate of drug-likeness (QED) is 0.563. The highest BCUT2D eigenvalue weighted by Crippen LogP contribution is 2.31. The summed E-state index contributed by atoms with van der Waals surface area (Å²) in [5.41, 5.74) is 4.56. The lowest BCUT2D eigenvalue weighted by Crippen LogP contribution is -2.34. The number of nitrogens with zero attached hydrogens (tertiary/aromatic N) is 3. The van der Waals surface area contributed by atoms with Gasteiger partial charge in [-0.25, -0.2) is 0 Å². The predicted octanol–water partition coefficient (Wildman–Crippen LogP) is 2.46. The predicted molar refractivity (Wildman–Crippen MR) is 94.9 cm³/mol. The summed E-state index contributed by atoms with van der Waals surface area (Å²) < 4.78 is 8.67. The number of hydrogen-bond acceptors (Lipinski definition) is 3. The fourth-order valence-electron chi connectivity index (χ4n) is 3.12. The fraction of sp³-hybridized carbons (Fsp3) is 0.412. The SMILES string of the molecule is CC(=O)N1CCc2c(c(-c3ccc(I)cc3)nn2CC2CO2)C1. The van der Waals surface area contributed by atoms with E-state index in [2.05, 4.69) is 51.5 Å². The van der Waals surface area contributed by atoms with E-state index in [1.807, 2.05) is 4.90 Å². The van der Waals surface area contributed by atoms with Crippen LogP contribution in [0.3, 0.4) is 0 Å². The Morgan fingerprint density at radius 1 is 1.39 bits per heavy atom. The van der Waals surface area contributed by atoms with Gasteiger partial charge in [-0.1, -0.05) is 12.1 Å². The van der Waals surface area contributed by atoms with E-state index in [9.17, 15) is 4.79 Å². The Morgan fingerprint density at radius 2 is 2.13 bits per heavy atom. The van der Waals surface area contributed by atoms with E-state index in [1.165, 1.54) is 14.8 Å². The molecule has 6 heteroatoms. The van der Waals surface area contributed by atoms with Crippen molar-refractivity contribution in [3.05, 3.63) is 39.1 Å². The summed E-state index contributed by atoms with van der Waals surface area (Å²) in [6, 6.07) is 8.40. The first-order chi connectivity index (χ1) is 11.1. The van der Waals surface area contributed by atoms with Crippen LogP contribution in [0.4, 0.5) is 0 Å². The molecule has 5 nitrogen and oxygen atoms in total. The largest absolute Gasteiger partial charge is 0.371 e. The molecular formula is C17H18IN3O2. The fourth-order valence-corrected chi connectivity index (χ4v) is 3.48. The first-order valence-electron chi connectivity index (χ1n) is 7.83. The van der Waals surface area contributed by atoms with Crippen LogP contribution in [-0.4, -0.2) is 39.8 Å². The van der Waals surface area contributed by atoms with Crippen molar-refractivity contribution >= 4 is 28.5 Å². The average Bonchev–Trinajstić information content (AvgIpc) is 3.29. The Bertz CT molecular complexity index is 750. The topological polar surface area (TPSA) is 50.7 Å². The number of fused-ring (bicyclic) bond motifs is 1. The molecule has 1 atom stereocenters. The van der Waals surface area contributed by atoms with Gasteiger partial charge >= 0.3 is 0 Å². The third-order valence-electron chi connectivity index (χ3n) is 4.48. The molecular weight excluding hydrogens is 405 g/mol. The average molecular weight is 423 g/mol. The van der Waals surface area contributed by atoms with Crippen molar-refractivity contribution in [3.63, 3.8) is 0 Å². The molecule has 1 fully saturated rings. The van der Waals surface area contributed by atoms with E-state index in [-0.39, 0.29) is 5.91 Å². The summed E-state index contributed by atoms with van der Waals surface area (Å²) in [6.45, 7) is 4.70. The van der Waals surface area contributed by atoms with Crippen molar-refractivity contribution in [3.8, 4) is 11.3 Å². The van der Waals surface area contributed by atoms with Crippen molar-refractivity contribution in [1.29, 1.82) is 0 Å². The second-order valence-corrected chi connectivity index (χ2v) is 7.35. The van der Waals surface area contributed by atoms with Gasteiger partial charge in [0.2, 0.25) is 5.91 Å². The number of benzene rings is 1. The number of ether oxygens (including phenoxy) is 1. The highest BCUT2D eigenvalue weighted by Gasteiger charge is 2.30. The number of halogens is 1. The number of amides is 1. The normalized spacial score (nSPS) is 19.6. The summed E-state index contributed by atoms with van der Waals surface area (Å²) in [5, 5.41) is 4.86. The zero-order valence-electron chi connectivity index (χ0n) is 13.0. The van der Waals surface area contributed by atoms with Crippen molar-refractivity contribution in [2.45, 2.75) is 32.5 Å². The molecule has 2 aliphatic rings. The smallest absolute Gasteiger partial charge is 0.219 e. The minimum Gasteiger partial charge on any atom is -0.371 e. The molecule has 0 aliphatic carbocycles. The molecule has 1 aromatic carbocycles. The van der Waals surface area contributed by atoms with Crippen molar-refractivity contribution in [1.82, 2.24) is 14.7 Å².